The summed E-state index contributed by atoms with van der Waals surface area (Å²) in [5.74, 6) is 0.554. The number of imide groups is 2. The maximum Gasteiger partial charge on any atom is 0.426 e. The molecule has 0 saturated carbocycles. The first-order valence-electron chi connectivity index (χ1n) is 7.62. The van der Waals surface area contributed by atoms with Crippen LogP contribution in [0.3, 0.4) is 0 Å². The number of carbonyl (C=O) groups is 3. The number of carboxylic acid groups (broad SMARTS) is 2. The second-order valence-corrected chi connectivity index (χ2v) is 6.32. The van der Waals surface area contributed by atoms with E-state index in [1.165, 1.54) is 0 Å². The molecule has 9 nitrogen and oxygen atoms in total. The Balaban J connectivity index is 4.98. The topological polar surface area (TPSA) is 105 Å². The van der Waals surface area contributed by atoms with Gasteiger partial charge in [0.2, 0.25) is 0 Å². The highest BCUT2D eigenvalue weighted by Gasteiger charge is 2.32. The van der Waals surface area contributed by atoms with E-state index < -0.39 is 18.2 Å². The molecule has 0 fully saturated rings. The van der Waals surface area contributed by atoms with Gasteiger partial charge in [-0.15, -0.1) is 0 Å². The molecule has 0 atom stereocenters. The molecule has 0 aliphatic rings. The van der Waals surface area contributed by atoms with Crippen LogP contribution >= 0.6 is 23.9 Å². The Kier molecular flexibility index (Phi) is 11.6. The molecule has 0 unspecified atom stereocenters. The number of amides is 4. The lowest BCUT2D eigenvalue weighted by atomic mass is 10.6. The van der Waals surface area contributed by atoms with Gasteiger partial charge in [-0.25, -0.2) is 14.4 Å². The first-order valence-corrected chi connectivity index (χ1v) is 9.51. The molecule has 11 heteroatoms. The largest absolute Gasteiger partial charge is 0.464 e. The molecule has 0 saturated heterocycles. The molecule has 0 aromatic rings. The van der Waals surface area contributed by atoms with Crippen molar-refractivity contribution in [1.82, 2.24) is 18.4 Å². The van der Waals surface area contributed by atoms with Gasteiger partial charge in [-0.05, 0) is 50.1 Å². The number of carbonyl (C=O) groups excluding carboxylic acids is 1. The third-order valence-electron chi connectivity index (χ3n) is 3.22. The lowest BCUT2D eigenvalue weighted by Gasteiger charge is -2.26. The van der Waals surface area contributed by atoms with Gasteiger partial charge in [-0.2, -0.15) is 8.61 Å². The molecule has 4 amide bonds. The van der Waals surface area contributed by atoms with E-state index in [0.29, 0.717) is 34.8 Å². The molecule has 0 bridgehead atoms. The van der Waals surface area contributed by atoms with Gasteiger partial charge < -0.3 is 10.2 Å². The van der Waals surface area contributed by atoms with Crippen molar-refractivity contribution < 1.29 is 24.6 Å². The first kappa shape index (κ1) is 22.8. The van der Waals surface area contributed by atoms with Crippen molar-refractivity contribution >= 4 is 42.1 Å². The highest BCUT2D eigenvalue weighted by Crippen LogP contribution is 2.21. The third-order valence-corrected chi connectivity index (χ3v) is 5.32. The van der Waals surface area contributed by atoms with Crippen LogP contribution in [0.25, 0.3) is 0 Å². The fourth-order valence-corrected chi connectivity index (χ4v) is 3.50. The summed E-state index contributed by atoms with van der Waals surface area (Å²) in [6.07, 6.45) is -2.99. The third kappa shape index (κ3) is 7.60. The zero-order valence-electron chi connectivity index (χ0n) is 14.5. The van der Waals surface area contributed by atoms with Crippen LogP contribution in [0.2, 0.25) is 0 Å². The molecule has 0 spiro atoms. The van der Waals surface area contributed by atoms with Gasteiger partial charge in [-0.3, -0.25) is 9.80 Å². The Morgan fingerprint density at radius 3 is 1.21 bits per heavy atom. The van der Waals surface area contributed by atoms with Crippen LogP contribution in [-0.4, -0.2) is 84.8 Å². The summed E-state index contributed by atoms with van der Waals surface area (Å²) in [5.41, 5.74) is 0. The monoisotopic (exact) mass is 382 g/mol. The molecule has 0 aromatic carbocycles. The lowest BCUT2D eigenvalue weighted by molar-refractivity contribution is 0.156. The van der Waals surface area contributed by atoms with E-state index in [9.17, 15) is 24.6 Å². The van der Waals surface area contributed by atoms with Gasteiger partial charge in [-0.1, -0.05) is 27.7 Å². The summed E-state index contributed by atoms with van der Waals surface area (Å²) in [7, 11) is 0. The molecule has 0 aromatic heterocycles. The second kappa shape index (κ2) is 12.2. The maximum absolute atomic E-state index is 12.3. The molecule has 0 heterocycles. The zero-order chi connectivity index (χ0) is 18.7. The van der Waals surface area contributed by atoms with E-state index in [0.717, 1.165) is 23.9 Å². The summed E-state index contributed by atoms with van der Waals surface area (Å²) >= 11 is 1.53. The molecule has 0 aliphatic heterocycles. The zero-order valence-corrected chi connectivity index (χ0v) is 16.1. The van der Waals surface area contributed by atoms with E-state index in [1.54, 1.807) is 0 Å². The molecular weight excluding hydrogens is 356 g/mol. The molecular formula is C13H26N4O5S2. The summed E-state index contributed by atoms with van der Waals surface area (Å²) in [4.78, 5) is 38.8. The quantitative estimate of drug-likeness (QED) is 0.436. The Bertz CT molecular complexity index is 383. The van der Waals surface area contributed by atoms with Gasteiger partial charge in [0.05, 0.1) is 11.8 Å². The SMILES string of the molecule is CCN(CC)CSN(C(=O)O)C(=O)N(SCN(CC)CC)C(=O)O. The molecule has 140 valence electrons. The second-order valence-electron chi connectivity index (χ2n) is 4.56. The first-order chi connectivity index (χ1) is 11.3. The molecule has 0 rings (SSSR count). The molecule has 2 N–H and O–H groups in total. The summed E-state index contributed by atoms with van der Waals surface area (Å²) in [5, 5.41) is 18.5. The van der Waals surface area contributed by atoms with E-state index >= 15 is 0 Å². The normalized spacial score (nSPS) is 10.9. The summed E-state index contributed by atoms with van der Waals surface area (Å²) in [6, 6.07) is -1.09. The number of urea groups is 1. The Labute approximate surface area is 151 Å². The van der Waals surface area contributed by atoms with Crippen molar-refractivity contribution in [3.63, 3.8) is 0 Å². The van der Waals surface area contributed by atoms with Gasteiger partial charge in [0.25, 0.3) is 0 Å². The molecule has 0 radical (unpaired) electrons. The van der Waals surface area contributed by atoms with Crippen LogP contribution < -0.4 is 0 Å². The van der Waals surface area contributed by atoms with Crippen molar-refractivity contribution in [1.29, 1.82) is 0 Å². The predicted octanol–water partition coefficient (Wildman–Crippen LogP) is 2.96. The summed E-state index contributed by atoms with van der Waals surface area (Å²) < 4.78 is 0.920. The van der Waals surface area contributed by atoms with Gasteiger partial charge in [0.1, 0.15) is 0 Å². The van der Waals surface area contributed by atoms with Crippen molar-refractivity contribution in [2.75, 3.05) is 37.9 Å². The van der Waals surface area contributed by atoms with E-state index in [2.05, 4.69) is 0 Å². The summed E-state index contributed by atoms with van der Waals surface area (Å²) in [6.45, 7) is 10.5. The Morgan fingerprint density at radius 2 is 1.00 bits per heavy atom. The lowest BCUT2D eigenvalue weighted by Crippen LogP contribution is -2.43. The van der Waals surface area contributed by atoms with E-state index in [4.69, 9.17) is 0 Å². The van der Waals surface area contributed by atoms with Crippen molar-refractivity contribution in [3.8, 4) is 0 Å². The van der Waals surface area contributed by atoms with Crippen molar-refractivity contribution in [2.45, 2.75) is 27.7 Å². The van der Waals surface area contributed by atoms with Crippen LogP contribution in [0.4, 0.5) is 14.4 Å². The van der Waals surface area contributed by atoms with E-state index in [1.807, 2.05) is 37.5 Å². The maximum atomic E-state index is 12.3. The van der Waals surface area contributed by atoms with E-state index in [-0.39, 0.29) is 11.8 Å². The van der Waals surface area contributed by atoms with Gasteiger partial charge in [0.15, 0.2) is 0 Å². The van der Waals surface area contributed by atoms with Crippen LogP contribution in [0.1, 0.15) is 27.7 Å². The fraction of sp³-hybridized carbons (Fsp3) is 0.769. The predicted molar refractivity (Wildman–Crippen MR) is 95.9 cm³/mol. The molecule has 24 heavy (non-hydrogen) atoms. The Hall–Kier alpha value is -1.17. The fourth-order valence-electron chi connectivity index (χ4n) is 1.56. The van der Waals surface area contributed by atoms with Gasteiger partial charge in [0, 0.05) is 0 Å². The van der Waals surface area contributed by atoms with Crippen LogP contribution in [0, 0.1) is 0 Å². The van der Waals surface area contributed by atoms with Crippen molar-refractivity contribution in [2.24, 2.45) is 0 Å². The highest BCUT2D eigenvalue weighted by atomic mass is 32.2. The highest BCUT2D eigenvalue weighted by molar-refractivity contribution is 7.99. The number of rotatable bonds is 10. The number of hydrogen-bond donors (Lipinski definition) is 2. The average Bonchev–Trinajstić information content (AvgIpc) is 2.54. The van der Waals surface area contributed by atoms with Gasteiger partial charge >= 0.3 is 18.2 Å². The minimum absolute atomic E-state index is 0.277. The molecule has 0 aliphatic carbocycles. The average molecular weight is 383 g/mol. The smallest absolute Gasteiger partial charge is 0.426 e. The minimum Gasteiger partial charge on any atom is -0.464 e. The standard InChI is InChI=1S/C13H26N4O5S2/c1-5-14(6-2)9-23-16(12(19)20)11(18)17(13(21)22)24-10-15(7-3)8-4/h5-10H2,1-4H3,(H,19,20)(H,21,22). The minimum atomic E-state index is -1.49. The number of nitrogens with zero attached hydrogens (tertiary/aromatic N) is 4. The number of hydrogen-bond acceptors (Lipinski definition) is 7. The van der Waals surface area contributed by atoms with Crippen molar-refractivity contribution in [3.05, 3.63) is 0 Å². The van der Waals surface area contributed by atoms with Crippen LogP contribution in [0.5, 0.6) is 0 Å². The van der Waals surface area contributed by atoms with Crippen LogP contribution in [0.15, 0.2) is 0 Å². The van der Waals surface area contributed by atoms with Crippen LogP contribution in [-0.2, 0) is 0 Å². The Morgan fingerprint density at radius 1 is 0.708 bits per heavy atom.